The maximum atomic E-state index is 14.1. The highest BCUT2D eigenvalue weighted by Crippen LogP contribution is 2.42. The van der Waals surface area contributed by atoms with E-state index < -0.39 is 34.9 Å². The van der Waals surface area contributed by atoms with Crippen molar-refractivity contribution < 1.29 is 26.9 Å². The van der Waals surface area contributed by atoms with Gasteiger partial charge in [-0.05, 0) is 30.3 Å². The topological polar surface area (TPSA) is 73.0 Å². The number of carbonyl (C=O) groups is 1. The lowest BCUT2D eigenvalue weighted by Gasteiger charge is -2.12. The van der Waals surface area contributed by atoms with E-state index in [0.717, 1.165) is 18.3 Å². The lowest BCUT2D eigenvalue weighted by molar-refractivity contribution is -0.142. The molecule has 1 N–H and O–H groups in total. The molecule has 0 aliphatic rings. The third kappa shape index (κ3) is 4.19. The fourth-order valence-corrected chi connectivity index (χ4v) is 3.54. The Morgan fingerprint density at radius 2 is 1.88 bits per heavy atom. The summed E-state index contributed by atoms with van der Waals surface area (Å²) >= 11 is 12.0. The van der Waals surface area contributed by atoms with Gasteiger partial charge in [0, 0.05) is 12.6 Å². The van der Waals surface area contributed by atoms with Crippen LogP contribution < -0.4 is 5.32 Å². The molecule has 2 heterocycles. The first-order valence-electron chi connectivity index (χ1n) is 9.20. The molecule has 0 unspecified atom stereocenters. The molecule has 0 saturated heterocycles. The van der Waals surface area contributed by atoms with Crippen molar-refractivity contribution in [1.29, 1.82) is 0 Å². The predicted molar refractivity (Wildman–Crippen MR) is 113 cm³/mol. The second-order valence-electron chi connectivity index (χ2n) is 6.74. The van der Waals surface area contributed by atoms with Crippen LogP contribution in [0.2, 0.25) is 10.0 Å². The Morgan fingerprint density at radius 1 is 1.12 bits per heavy atom. The van der Waals surface area contributed by atoms with Crippen LogP contribution in [0.4, 0.5) is 17.6 Å². The first-order chi connectivity index (χ1) is 15.6. The molecule has 4 aromatic rings. The molecule has 33 heavy (non-hydrogen) atoms. The second kappa shape index (κ2) is 8.53. The number of hydrogen-bond acceptors (Lipinski definition) is 4. The van der Waals surface area contributed by atoms with Crippen LogP contribution in [0.25, 0.3) is 28.3 Å². The summed E-state index contributed by atoms with van der Waals surface area (Å²) < 4.78 is 61.7. The van der Waals surface area contributed by atoms with Gasteiger partial charge < -0.3 is 9.84 Å². The molecule has 0 aliphatic carbocycles. The van der Waals surface area contributed by atoms with Crippen LogP contribution in [0.3, 0.4) is 0 Å². The molecule has 12 heteroatoms. The zero-order chi connectivity index (χ0) is 23.9. The van der Waals surface area contributed by atoms with Crippen LogP contribution >= 0.6 is 23.2 Å². The van der Waals surface area contributed by atoms with Gasteiger partial charge in [-0.1, -0.05) is 40.5 Å². The average molecular weight is 499 g/mol. The lowest BCUT2D eigenvalue weighted by Crippen LogP contribution is -2.19. The predicted octanol–water partition coefficient (Wildman–Crippen LogP) is 6.02. The quantitative estimate of drug-likeness (QED) is 0.349. The average Bonchev–Trinajstić information content (AvgIpc) is 3.39. The number of alkyl halides is 3. The standard InChI is InChI=1S/C21H12Cl2F4N4O2/c1-28-20(32)16-17(10-5-6-14(22)15(23)7-10)30-33-18(16)13-9-29-31(19(13)21(25,26)27)12-4-2-3-11(24)8-12/h2-9H,1H3,(H,28,32). The van der Waals surface area contributed by atoms with Crippen molar-refractivity contribution in [3.63, 3.8) is 0 Å². The molecule has 0 aliphatic heterocycles. The van der Waals surface area contributed by atoms with Crippen molar-refractivity contribution >= 4 is 29.1 Å². The Balaban J connectivity index is 1.97. The normalized spacial score (nSPS) is 11.6. The number of nitrogens with one attached hydrogen (secondary N) is 1. The summed E-state index contributed by atoms with van der Waals surface area (Å²) in [6, 6.07) is 8.83. The highest BCUT2D eigenvalue weighted by Gasteiger charge is 2.41. The van der Waals surface area contributed by atoms with Crippen LogP contribution in [0.1, 0.15) is 16.1 Å². The van der Waals surface area contributed by atoms with Gasteiger partial charge >= 0.3 is 6.18 Å². The SMILES string of the molecule is CNC(=O)c1c(-c2ccc(Cl)c(Cl)c2)noc1-c1cnn(-c2cccc(F)c2)c1C(F)(F)F. The molecule has 0 fully saturated rings. The minimum atomic E-state index is -4.94. The first-order valence-corrected chi connectivity index (χ1v) is 9.96. The van der Waals surface area contributed by atoms with E-state index in [2.05, 4.69) is 15.6 Å². The fraction of sp³-hybridized carbons (Fsp3) is 0.0952. The molecule has 170 valence electrons. The summed E-state index contributed by atoms with van der Waals surface area (Å²) in [4.78, 5) is 12.7. The smallest absolute Gasteiger partial charge is 0.355 e. The van der Waals surface area contributed by atoms with Crippen molar-refractivity contribution in [2.45, 2.75) is 6.18 Å². The minimum Gasteiger partial charge on any atom is -0.355 e. The van der Waals surface area contributed by atoms with Gasteiger partial charge in [0.25, 0.3) is 5.91 Å². The molecule has 0 bridgehead atoms. The van der Waals surface area contributed by atoms with E-state index in [4.69, 9.17) is 27.7 Å². The zero-order valence-electron chi connectivity index (χ0n) is 16.5. The van der Waals surface area contributed by atoms with Crippen molar-refractivity contribution in [3.8, 4) is 28.3 Å². The summed E-state index contributed by atoms with van der Waals surface area (Å²) in [7, 11) is 1.30. The molecule has 2 aromatic heterocycles. The van der Waals surface area contributed by atoms with Crippen LogP contribution in [0.5, 0.6) is 0 Å². The maximum absolute atomic E-state index is 14.1. The van der Waals surface area contributed by atoms with Gasteiger partial charge in [-0.3, -0.25) is 4.79 Å². The van der Waals surface area contributed by atoms with Crippen LogP contribution in [0, 0.1) is 5.82 Å². The van der Waals surface area contributed by atoms with E-state index in [1.807, 2.05) is 0 Å². The molecular formula is C21H12Cl2F4N4O2. The van der Waals surface area contributed by atoms with E-state index in [1.165, 1.54) is 37.4 Å². The van der Waals surface area contributed by atoms with Crippen molar-refractivity contribution in [1.82, 2.24) is 20.3 Å². The Bertz CT molecular complexity index is 1360. The number of amides is 1. The zero-order valence-corrected chi connectivity index (χ0v) is 18.1. The summed E-state index contributed by atoms with van der Waals surface area (Å²) in [6.07, 6.45) is -4.06. The first kappa shape index (κ1) is 22.8. The summed E-state index contributed by atoms with van der Waals surface area (Å²) in [6.45, 7) is 0. The number of rotatable bonds is 4. The molecule has 0 atom stereocenters. The minimum absolute atomic E-state index is 0.0467. The Labute approximate surface area is 193 Å². The summed E-state index contributed by atoms with van der Waals surface area (Å²) in [5.41, 5.74) is -2.00. The lowest BCUT2D eigenvalue weighted by atomic mass is 10.0. The van der Waals surface area contributed by atoms with Gasteiger partial charge in [-0.25, -0.2) is 9.07 Å². The molecule has 0 saturated carbocycles. The third-order valence-corrected chi connectivity index (χ3v) is 5.41. The van der Waals surface area contributed by atoms with Crippen molar-refractivity contribution in [3.05, 3.63) is 75.8 Å². The molecule has 4 rings (SSSR count). The molecule has 2 aromatic carbocycles. The van der Waals surface area contributed by atoms with E-state index in [9.17, 15) is 22.4 Å². The Morgan fingerprint density at radius 3 is 2.52 bits per heavy atom. The van der Waals surface area contributed by atoms with Gasteiger partial charge in [0.05, 0.1) is 27.5 Å². The van der Waals surface area contributed by atoms with Gasteiger partial charge in [0.2, 0.25) is 0 Å². The number of aromatic nitrogens is 3. The van der Waals surface area contributed by atoms with E-state index >= 15 is 0 Å². The van der Waals surface area contributed by atoms with Crippen molar-refractivity contribution in [2.24, 2.45) is 0 Å². The van der Waals surface area contributed by atoms with Crippen LogP contribution in [0.15, 0.2) is 53.2 Å². The van der Waals surface area contributed by atoms with Crippen LogP contribution in [-0.2, 0) is 6.18 Å². The Kier molecular flexibility index (Phi) is 5.89. The molecule has 0 radical (unpaired) electrons. The van der Waals surface area contributed by atoms with Crippen LogP contribution in [-0.4, -0.2) is 27.9 Å². The van der Waals surface area contributed by atoms with Gasteiger partial charge in [-0.15, -0.1) is 0 Å². The van der Waals surface area contributed by atoms with Crippen molar-refractivity contribution in [2.75, 3.05) is 7.05 Å². The highest BCUT2D eigenvalue weighted by atomic mass is 35.5. The summed E-state index contributed by atoms with van der Waals surface area (Å²) in [5, 5.41) is 10.3. The van der Waals surface area contributed by atoms with E-state index in [1.54, 1.807) is 0 Å². The number of benzene rings is 2. The number of carbonyl (C=O) groups excluding carboxylic acids is 1. The molecule has 1 amide bonds. The molecule has 6 nitrogen and oxygen atoms in total. The maximum Gasteiger partial charge on any atom is 0.434 e. The van der Waals surface area contributed by atoms with Gasteiger partial charge in [0.1, 0.15) is 17.1 Å². The highest BCUT2D eigenvalue weighted by molar-refractivity contribution is 6.42. The van der Waals surface area contributed by atoms with E-state index in [0.29, 0.717) is 10.2 Å². The largest absolute Gasteiger partial charge is 0.434 e. The Hall–Kier alpha value is -3.37. The monoisotopic (exact) mass is 498 g/mol. The number of hydrogen-bond donors (Lipinski definition) is 1. The van der Waals surface area contributed by atoms with E-state index in [-0.39, 0.29) is 27.0 Å². The third-order valence-electron chi connectivity index (χ3n) is 4.67. The number of nitrogens with zero attached hydrogens (tertiary/aromatic N) is 3. The molecular weight excluding hydrogens is 487 g/mol. The molecule has 0 spiro atoms. The van der Waals surface area contributed by atoms with Gasteiger partial charge in [-0.2, -0.15) is 18.3 Å². The van der Waals surface area contributed by atoms with Gasteiger partial charge in [0.15, 0.2) is 11.5 Å². The summed E-state index contributed by atoms with van der Waals surface area (Å²) in [5.74, 6) is -1.96. The second-order valence-corrected chi connectivity index (χ2v) is 7.55. The number of halogens is 6. The fourth-order valence-electron chi connectivity index (χ4n) is 3.24.